The number of aromatic nitrogens is 2. The maximum atomic E-state index is 6.00. The monoisotopic (exact) mass is 269 g/mol. The Kier molecular flexibility index (Phi) is 3.72. The van der Waals surface area contributed by atoms with Crippen LogP contribution in [0.25, 0.3) is 11.3 Å². The van der Waals surface area contributed by atoms with E-state index in [2.05, 4.69) is 20.9 Å². The van der Waals surface area contributed by atoms with Gasteiger partial charge in [0.15, 0.2) is 0 Å². The predicted octanol–water partition coefficient (Wildman–Crippen LogP) is 2.73. The van der Waals surface area contributed by atoms with Gasteiger partial charge in [0.05, 0.1) is 18.4 Å². The van der Waals surface area contributed by atoms with Crippen molar-refractivity contribution in [1.82, 2.24) is 14.9 Å². The highest BCUT2D eigenvalue weighted by atomic mass is 35.5. The average molecular weight is 270 g/mol. The molecule has 0 spiro atoms. The number of benzene rings is 1. The van der Waals surface area contributed by atoms with Crippen molar-refractivity contribution in [3.63, 3.8) is 0 Å². The summed E-state index contributed by atoms with van der Waals surface area (Å²) in [7, 11) is 0. The van der Waals surface area contributed by atoms with Crippen molar-refractivity contribution in [2.75, 3.05) is 6.54 Å². The third kappa shape index (κ3) is 2.32. The van der Waals surface area contributed by atoms with Crippen LogP contribution < -0.4 is 5.32 Å². The number of halogens is 2. The molecule has 0 aliphatic carbocycles. The van der Waals surface area contributed by atoms with Crippen molar-refractivity contribution < 1.29 is 0 Å². The molecule has 17 heavy (non-hydrogen) atoms. The normalized spacial score (nSPS) is 13.9. The fourth-order valence-electron chi connectivity index (χ4n) is 2.07. The smallest absolute Gasteiger partial charge is 0.123 e. The summed E-state index contributed by atoms with van der Waals surface area (Å²) >= 11 is 6.00. The molecule has 0 bridgehead atoms. The fourth-order valence-corrected chi connectivity index (χ4v) is 2.26. The van der Waals surface area contributed by atoms with Crippen molar-refractivity contribution in [1.29, 1.82) is 0 Å². The summed E-state index contributed by atoms with van der Waals surface area (Å²) in [6.07, 6.45) is 1.92. The number of nitrogens with one attached hydrogen (secondary N) is 1. The summed E-state index contributed by atoms with van der Waals surface area (Å²) in [6, 6.07) is 7.91. The minimum absolute atomic E-state index is 0. The molecule has 2 heterocycles. The molecule has 2 aromatic rings. The van der Waals surface area contributed by atoms with Gasteiger partial charge in [-0.15, -0.1) is 12.4 Å². The third-order valence-electron chi connectivity index (χ3n) is 2.85. The summed E-state index contributed by atoms with van der Waals surface area (Å²) in [5, 5.41) is 4.07. The number of fused-ring (bicyclic) bond motifs is 1. The lowest BCUT2D eigenvalue weighted by molar-refractivity contribution is 0.508. The molecular weight excluding hydrogens is 257 g/mol. The second kappa shape index (κ2) is 5.08. The van der Waals surface area contributed by atoms with Crippen molar-refractivity contribution >= 4 is 24.0 Å². The van der Waals surface area contributed by atoms with E-state index >= 15 is 0 Å². The molecule has 1 N–H and O–H groups in total. The van der Waals surface area contributed by atoms with Crippen LogP contribution in [0.3, 0.4) is 0 Å². The Hall–Kier alpha value is -1.03. The van der Waals surface area contributed by atoms with Gasteiger partial charge in [-0.3, -0.25) is 0 Å². The SMILES string of the molecule is Cl.Clc1cccc(-c2cnc3n2CCNC3)c1. The summed E-state index contributed by atoms with van der Waals surface area (Å²) in [5.74, 6) is 1.10. The molecule has 0 saturated heterocycles. The predicted molar refractivity (Wildman–Crippen MR) is 71.6 cm³/mol. The van der Waals surface area contributed by atoms with Crippen LogP contribution in [0.2, 0.25) is 5.02 Å². The summed E-state index contributed by atoms with van der Waals surface area (Å²) < 4.78 is 2.25. The summed E-state index contributed by atoms with van der Waals surface area (Å²) in [4.78, 5) is 4.42. The molecule has 3 rings (SSSR count). The molecule has 0 atom stereocenters. The zero-order valence-electron chi connectivity index (χ0n) is 9.19. The summed E-state index contributed by atoms with van der Waals surface area (Å²) in [5.41, 5.74) is 2.28. The average Bonchev–Trinajstić information content (AvgIpc) is 2.72. The maximum absolute atomic E-state index is 6.00. The zero-order valence-corrected chi connectivity index (χ0v) is 10.8. The number of hydrogen-bond acceptors (Lipinski definition) is 2. The van der Waals surface area contributed by atoms with E-state index in [1.807, 2.05) is 24.4 Å². The Bertz CT molecular complexity index is 522. The van der Waals surface area contributed by atoms with Crippen molar-refractivity contribution in [3.8, 4) is 11.3 Å². The van der Waals surface area contributed by atoms with Crippen LogP contribution in [-0.2, 0) is 13.1 Å². The second-order valence-corrected chi connectivity index (χ2v) is 4.33. The lowest BCUT2D eigenvalue weighted by atomic mass is 10.1. The minimum Gasteiger partial charge on any atom is -0.326 e. The van der Waals surface area contributed by atoms with Gasteiger partial charge in [-0.25, -0.2) is 4.98 Å². The van der Waals surface area contributed by atoms with E-state index in [1.54, 1.807) is 0 Å². The van der Waals surface area contributed by atoms with Crippen LogP contribution >= 0.6 is 24.0 Å². The van der Waals surface area contributed by atoms with Gasteiger partial charge in [-0.05, 0) is 12.1 Å². The van der Waals surface area contributed by atoms with Gasteiger partial charge in [-0.2, -0.15) is 0 Å². The molecule has 1 aromatic heterocycles. The van der Waals surface area contributed by atoms with E-state index in [-0.39, 0.29) is 12.4 Å². The standard InChI is InChI=1S/C12H12ClN3.ClH/c13-10-3-1-2-9(6-10)11-7-15-12-8-14-4-5-16(11)12;/h1-3,6-7,14H,4-5,8H2;1H. The Morgan fingerprint density at radius 3 is 3.06 bits per heavy atom. The van der Waals surface area contributed by atoms with Crippen LogP contribution in [0.15, 0.2) is 30.5 Å². The van der Waals surface area contributed by atoms with Crippen LogP contribution in [0.5, 0.6) is 0 Å². The Morgan fingerprint density at radius 2 is 2.24 bits per heavy atom. The van der Waals surface area contributed by atoms with E-state index in [0.717, 1.165) is 41.7 Å². The van der Waals surface area contributed by atoms with Crippen LogP contribution in [0, 0.1) is 0 Å². The number of imidazole rings is 1. The molecule has 0 amide bonds. The second-order valence-electron chi connectivity index (χ2n) is 3.90. The first-order valence-electron chi connectivity index (χ1n) is 5.35. The van der Waals surface area contributed by atoms with Crippen LogP contribution in [-0.4, -0.2) is 16.1 Å². The molecule has 90 valence electrons. The van der Waals surface area contributed by atoms with Gasteiger partial charge in [-0.1, -0.05) is 23.7 Å². The number of rotatable bonds is 1. The fraction of sp³-hybridized carbons (Fsp3) is 0.250. The zero-order chi connectivity index (χ0) is 11.0. The largest absolute Gasteiger partial charge is 0.326 e. The minimum atomic E-state index is 0. The van der Waals surface area contributed by atoms with Crippen molar-refractivity contribution in [3.05, 3.63) is 41.3 Å². The first-order chi connectivity index (χ1) is 7.84. The molecular formula is C12H13Cl2N3. The lowest BCUT2D eigenvalue weighted by Gasteiger charge is -2.17. The van der Waals surface area contributed by atoms with Gasteiger partial charge < -0.3 is 9.88 Å². The van der Waals surface area contributed by atoms with Crippen molar-refractivity contribution in [2.45, 2.75) is 13.1 Å². The van der Waals surface area contributed by atoms with Crippen LogP contribution in [0.1, 0.15) is 5.82 Å². The Balaban J connectivity index is 0.00000108. The van der Waals surface area contributed by atoms with E-state index in [9.17, 15) is 0 Å². The number of hydrogen-bond donors (Lipinski definition) is 1. The quantitative estimate of drug-likeness (QED) is 0.863. The van der Waals surface area contributed by atoms with E-state index in [4.69, 9.17) is 11.6 Å². The van der Waals surface area contributed by atoms with E-state index < -0.39 is 0 Å². The molecule has 5 heteroatoms. The highest BCUT2D eigenvalue weighted by Gasteiger charge is 2.14. The van der Waals surface area contributed by atoms with Crippen LogP contribution in [0.4, 0.5) is 0 Å². The molecule has 0 radical (unpaired) electrons. The van der Waals surface area contributed by atoms with Gasteiger partial charge in [0, 0.05) is 23.7 Å². The molecule has 0 saturated carbocycles. The maximum Gasteiger partial charge on any atom is 0.123 e. The third-order valence-corrected chi connectivity index (χ3v) is 3.09. The Labute approximate surface area is 111 Å². The number of nitrogens with zero attached hydrogens (tertiary/aromatic N) is 2. The van der Waals surface area contributed by atoms with Gasteiger partial charge in [0.1, 0.15) is 5.82 Å². The van der Waals surface area contributed by atoms with Gasteiger partial charge in [0.25, 0.3) is 0 Å². The Morgan fingerprint density at radius 1 is 1.35 bits per heavy atom. The lowest BCUT2D eigenvalue weighted by Crippen LogP contribution is -2.28. The topological polar surface area (TPSA) is 29.9 Å². The molecule has 0 fully saturated rings. The summed E-state index contributed by atoms with van der Waals surface area (Å²) in [6.45, 7) is 2.81. The molecule has 1 aromatic carbocycles. The highest BCUT2D eigenvalue weighted by Crippen LogP contribution is 2.24. The highest BCUT2D eigenvalue weighted by molar-refractivity contribution is 6.30. The van der Waals surface area contributed by atoms with Gasteiger partial charge in [0.2, 0.25) is 0 Å². The van der Waals surface area contributed by atoms with Crippen molar-refractivity contribution in [2.24, 2.45) is 0 Å². The van der Waals surface area contributed by atoms with Gasteiger partial charge >= 0.3 is 0 Å². The molecule has 0 unspecified atom stereocenters. The molecule has 1 aliphatic heterocycles. The van der Waals surface area contributed by atoms with E-state index in [1.165, 1.54) is 0 Å². The first kappa shape index (κ1) is 12.4. The molecule has 1 aliphatic rings. The first-order valence-corrected chi connectivity index (χ1v) is 5.73. The van der Waals surface area contributed by atoms with E-state index in [0.29, 0.717) is 0 Å². The molecule has 3 nitrogen and oxygen atoms in total.